The van der Waals surface area contributed by atoms with Crippen LogP contribution in [0.2, 0.25) is 0 Å². The van der Waals surface area contributed by atoms with Crippen molar-refractivity contribution < 1.29 is 9.90 Å². The molecular weight excluding hydrogens is 294 g/mol. The van der Waals surface area contributed by atoms with Crippen molar-refractivity contribution in [2.24, 2.45) is 0 Å². The fourth-order valence-electron chi connectivity index (χ4n) is 1.83. The molecule has 0 amide bonds. The molecule has 20 heavy (non-hydrogen) atoms. The highest BCUT2D eigenvalue weighted by molar-refractivity contribution is 7.99. The molecule has 2 heterocycles. The lowest BCUT2D eigenvalue weighted by molar-refractivity contribution is -0.133. The van der Waals surface area contributed by atoms with E-state index < -0.39 is 5.97 Å². The summed E-state index contributed by atoms with van der Waals surface area (Å²) in [5, 5.41) is 22.0. The number of thiophene rings is 1. The van der Waals surface area contributed by atoms with Gasteiger partial charge in [-0.2, -0.15) is 11.3 Å². The molecule has 0 saturated carbocycles. The van der Waals surface area contributed by atoms with Gasteiger partial charge in [0.2, 0.25) is 0 Å². The second-order valence-electron chi connectivity index (χ2n) is 4.84. The van der Waals surface area contributed by atoms with Crippen LogP contribution in [0, 0.1) is 6.92 Å². The van der Waals surface area contributed by atoms with E-state index in [0.717, 1.165) is 5.82 Å². The van der Waals surface area contributed by atoms with Crippen molar-refractivity contribution in [1.82, 2.24) is 14.8 Å². The van der Waals surface area contributed by atoms with Gasteiger partial charge in [0, 0.05) is 5.92 Å². The van der Waals surface area contributed by atoms with Crippen LogP contribution in [0.25, 0.3) is 0 Å². The third kappa shape index (κ3) is 3.40. The third-order valence-electron chi connectivity index (χ3n) is 2.88. The number of hydrogen-bond acceptors (Lipinski definition) is 5. The number of carboxylic acid groups (broad SMARTS) is 1. The lowest BCUT2D eigenvalue weighted by Crippen LogP contribution is -2.09. The van der Waals surface area contributed by atoms with E-state index in [0.29, 0.717) is 11.7 Å². The van der Waals surface area contributed by atoms with Gasteiger partial charge in [-0.1, -0.05) is 25.6 Å². The minimum atomic E-state index is -0.845. The summed E-state index contributed by atoms with van der Waals surface area (Å²) < 4.78 is 2.02. The standard InChI is InChI=1S/C13H17N3O2S2/c1-8(2)12-14-15-13(20-7-11(17)18)16(12)4-10-6-19-5-9(10)3/h5-6,8H,4,7H2,1-3H3,(H,17,18). The Morgan fingerprint density at radius 3 is 2.75 bits per heavy atom. The zero-order valence-corrected chi connectivity index (χ0v) is 13.3. The second kappa shape index (κ2) is 6.41. The van der Waals surface area contributed by atoms with Crippen LogP contribution in [0.1, 0.15) is 36.7 Å². The lowest BCUT2D eigenvalue weighted by Gasteiger charge is -2.11. The van der Waals surface area contributed by atoms with Crippen LogP contribution in [0.3, 0.4) is 0 Å². The number of nitrogens with zero attached hydrogens (tertiary/aromatic N) is 3. The van der Waals surface area contributed by atoms with Crippen molar-refractivity contribution in [3.8, 4) is 0 Å². The van der Waals surface area contributed by atoms with E-state index >= 15 is 0 Å². The van der Waals surface area contributed by atoms with E-state index in [1.54, 1.807) is 11.3 Å². The van der Waals surface area contributed by atoms with Gasteiger partial charge in [-0.15, -0.1) is 10.2 Å². The van der Waals surface area contributed by atoms with Crippen LogP contribution in [-0.2, 0) is 11.3 Å². The van der Waals surface area contributed by atoms with Gasteiger partial charge in [-0.05, 0) is 28.8 Å². The van der Waals surface area contributed by atoms with E-state index in [9.17, 15) is 4.79 Å². The van der Waals surface area contributed by atoms with Gasteiger partial charge in [0.1, 0.15) is 5.82 Å². The molecule has 0 aromatic carbocycles. The van der Waals surface area contributed by atoms with Crippen molar-refractivity contribution in [2.75, 3.05) is 5.75 Å². The molecule has 0 bridgehead atoms. The van der Waals surface area contributed by atoms with Crippen molar-refractivity contribution in [2.45, 2.75) is 38.4 Å². The first kappa shape index (κ1) is 15.1. The van der Waals surface area contributed by atoms with Crippen molar-refractivity contribution in [3.05, 3.63) is 27.7 Å². The van der Waals surface area contributed by atoms with Crippen LogP contribution in [0.15, 0.2) is 15.9 Å². The summed E-state index contributed by atoms with van der Waals surface area (Å²) in [6.07, 6.45) is 0. The molecule has 2 rings (SSSR count). The zero-order valence-electron chi connectivity index (χ0n) is 11.7. The topological polar surface area (TPSA) is 68.0 Å². The molecule has 0 aliphatic carbocycles. The summed E-state index contributed by atoms with van der Waals surface area (Å²) in [6, 6.07) is 0. The molecule has 5 nitrogen and oxygen atoms in total. The molecule has 2 aromatic rings. The third-order valence-corrected chi connectivity index (χ3v) is 4.74. The minimum Gasteiger partial charge on any atom is -0.481 e. The number of hydrogen-bond donors (Lipinski definition) is 1. The summed E-state index contributed by atoms with van der Waals surface area (Å²) in [6.45, 7) is 6.90. The lowest BCUT2D eigenvalue weighted by atomic mass is 10.2. The highest BCUT2D eigenvalue weighted by atomic mass is 32.2. The fourth-order valence-corrected chi connectivity index (χ4v) is 3.34. The zero-order chi connectivity index (χ0) is 14.7. The minimum absolute atomic E-state index is 0.00114. The summed E-state index contributed by atoms with van der Waals surface area (Å²) in [5.74, 6) is 0.297. The number of carbonyl (C=O) groups is 1. The largest absolute Gasteiger partial charge is 0.481 e. The Bertz CT molecular complexity index is 605. The predicted octanol–water partition coefficient (Wildman–Crippen LogP) is 3.00. The molecular formula is C13H17N3O2S2. The van der Waals surface area contributed by atoms with E-state index in [-0.39, 0.29) is 11.7 Å². The Labute approximate surface area is 126 Å². The first-order valence-electron chi connectivity index (χ1n) is 6.28. The molecule has 0 aliphatic rings. The number of aryl methyl sites for hydroxylation is 1. The smallest absolute Gasteiger partial charge is 0.313 e. The normalized spacial score (nSPS) is 11.2. The quantitative estimate of drug-likeness (QED) is 0.831. The number of thioether (sulfide) groups is 1. The van der Waals surface area contributed by atoms with E-state index in [4.69, 9.17) is 5.11 Å². The molecule has 1 N–H and O–H groups in total. The first-order valence-corrected chi connectivity index (χ1v) is 8.21. The number of aromatic nitrogens is 3. The van der Waals surface area contributed by atoms with Crippen LogP contribution in [0.4, 0.5) is 0 Å². The van der Waals surface area contributed by atoms with Crippen LogP contribution in [-0.4, -0.2) is 31.6 Å². The molecule has 0 fully saturated rings. The molecule has 108 valence electrons. The maximum absolute atomic E-state index is 10.7. The molecule has 0 radical (unpaired) electrons. The first-order chi connectivity index (χ1) is 9.49. The van der Waals surface area contributed by atoms with Gasteiger partial charge in [-0.25, -0.2) is 0 Å². The molecule has 0 aliphatic heterocycles. The van der Waals surface area contributed by atoms with Gasteiger partial charge >= 0.3 is 5.97 Å². The van der Waals surface area contributed by atoms with Crippen LogP contribution >= 0.6 is 23.1 Å². The fraction of sp³-hybridized carbons (Fsp3) is 0.462. The average molecular weight is 311 g/mol. The monoisotopic (exact) mass is 311 g/mol. The van der Waals surface area contributed by atoms with Crippen molar-refractivity contribution >= 4 is 29.1 Å². The predicted molar refractivity (Wildman–Crippen MR) is 80.6 cm³/mol. The van der Waals surface area contributed by atoms with Crippen LogP contribution in [0.5, 0.6) is 0 Å². The summed E-state index contributed by atoms with van der Waals surface area (Å²) in [7, 11) is 0. The number of carboxylic acids is 1. The van der Waals surface area contributed by atoms with Gasteiger partial charge in [0.15, 0.2) is 5.16 Å². The van der Waals surface area contributed by atoms with Crippen molar-refractivity contribution in [3.63, 3.8) is 0 Å². The molecule has 0 atom stereocenters. The van der Waals surface area contributed by atoms with Crippen molar-refractivity contribution in [1.29, 1.82) is 0 Å². The molecule has 0 unspecified atom stereocenters. The molecule has 0 saturated heterocycles. The number of aliphatic carboxylic acids is 1. The van der Waals surface area contributed by atoms with Crippen LogP contribution < -0.4 is 0 Å². The second-order valence-corrected chi connectivity index (χ2v) is 6.53. The highest BCUT2D eigenvalue weighted by Crippen LogP contribution is 2.24. The summed E-state index contributed by atoms with van der Waals surface area (Å²) in [5.41, 5.74) is 2.47. The maximum atomic E-state index is 10.7. The molecule has 2 aromatic heterocycles. The van der Waals surface area contributed by atoms with E-state index in [1.807, 2.05) is 4.57 Å². The van der Waals surface area contributed by atoms with E-state index in [1.165, 1.54) is 22.9 Å². The van der Waals surface area contributed by atoms with E-state index in [2.05, 4.69) is 41.7 Å². The Hall–Kier alpha value is -1.34. The Balaban J connectivity index is 2.29. The van der Waals surface area contributed by atoms with Gasteiger partial charge < -0.3 is 9.67 Å². The number of rotatable bonds is 6. The highest BCUT2D eigenvalue weighted by Gasteiger charge is 2.17. The molecule has 7 heteroatoms. The van der Waals surface area contributed by atoms with Gasteiger partial charge in [-0.3, -0.25) is 4.79 Å². The van der Waals surface area contributed by atoms with Gasteiger partial charge in [0.25, 0.3) is 0 Å². The Morgan fingerprint density at radius 2 is 2.20 bits per heavy atom. The summed E-state index contributed by atoms with van der Waals surface area (Å²) in [4.78, 5) is 10.7. The summed E-state index contributed by atoms with van der Waals surface area (Å²) >= 11 is 2.89. The molecule has 0 spiro atoms. The van der Waals surface area contributed by atoms with Gasteiger partial charge in [0.05, 0.1) is 12.3 Å². The Kier molecular flexibility index (Phi) is 4.82. The Morgan fingerprint density at radius 1 is 1.45 bits per heavy atom. The maximum Gasteiger partial charge on any atom is 0.313 e. The average Bonchev–Trinajstić information content (AvgIpc) is 2.95. The SMILES string of the molecule is Cc1cscc1Cn1c(SCC(=O)O)nnc1C(C)C.